The lowest BCUT2D eigenvalue weighted by Crippen LogP contribution is -2.43. The molecule has 27 heavy (non-hydrogen) atoms. The van der Waals surface area contributed by atoms with Gasteiger partial charge >= 0.3 is 5.97 Å². The highest BCUT2D eigenvalue weighted by Crippen LogP contribution is 2.18. The number of aromatic nitrogens is 1. The van der Waals surface area contributed by atoms with Crippen LogP contribution in [0.1, 0.15) is 25.8 Å². The number of rotatable bonds is 6. The Labute approximate surface area is 165 Å². The van der Waals surface area contributed by atoms with Crippen LogP contribution < -0.4 is 10.7 Å². The molecule has 0 aliphatic heterocycles. The van der Waals surface area contributed by atoms with Crippen LogP contribution in [0.2, 0.25) is 0 Å². The van der Waals surface area contributed by atoms with Crippen molar-refractivity contribution < 1.29 is 14.3 Å². The van der Waals surface area contributed by atoms with Crippen LogP contribution in [0.15, 0.2) is 33.7 Å². The summed E-state index contributed by atoms with van der Waals surface area (Å²) < 4.78 is 6.97. The van der Waals surface area contributed by atoms with E-state index in [9.17, 15) is 19.6 Å². The van der Waals surface area contributed by atoms with Crippen LogP contribution in [0.3, 0.4) is 0 Å². The van der Waals surface area contributed by atoms with E-state index in [1.54, 1.807) is 18.2 Å². The number of methoxy groups -OCH3 is 1. The third-order valence-electron chi connectivity index (χ3n) is 4.00. The van der Waals surface area contributed by atoms with Crippen molar-refractivity contribution >= 4 is 38.7 Å². The Kier molecular flexibility index (Phi) is 6.75. The first-order valence-corrected chi connectivity index (χ1v) is 9.16. The lowest BCUT2D eigenvalue weighted by molar-refractivity contribution is -0.145. The summed E-state index contributed by atoms with van der Waals surface area (Å²) in [5.41, 5.74) is 0.0774. The summed E-state index contributed by atoms with van der Waals surface area (Å²) in [6.07, 6.45) is 1.80. The molecular weight excluding hydrogens is 414 g/mol. The molecule has 7 nitrogen and oxygen atoms in total. The van der Waals surface area contributed by atoms with Gasteiger partial charge in [-0.1, -0.05) is 29.8 Å². The van der Waals surface area contributed by atoms with E-state index < -0.39 is 23.3 Å². The standard InChI is InChI=1S/C19H20BrN3O4/c1-11(2)6-15(19(26)27-3)22-17(24)10-23-9-12(8-21)18(25)14-7-13(20)4-5-16(14)23/h4-5,7,9,11,15H,6,10H2,1-3H3,(H,22,24). The van der Waals surface area contributed by atoms with Crippen molar-refractivity contribution in [3.8, 4) is 6.07 Å². The Bertz CT molecular complexity index is 975. The number of hydrogen-bond acceptors (Lipinski definition) is 5. The second kappa shape index (κ2) is 8.82. The molecule has 1 aromatic heterocycles. The molecule has 1 aromatic carbocycles. The third-order valence-corrected chi connectivity index (χ3v) is 4.50. The van der Waals surface area contributed by atoms with Crippen molar-refractivity contribution in [2.45, 2.75) is 32.9 Å². The molecule has 0 aliphatic rings. The number of benzene rings is 1. The van der Waals surface area contributed by atoms with E-state index >= 15 is 0 Å². The van der Waals surface area contributed by atoms with E-state index in [1.165, 1.54) is 17.9 Å². The van der Waals surface area contributed by atoms with Crippen molar-refractivity contribution in [3.05, 3.63) is 44.7 Å². The summed E-state index contributed by atoms with van der Waals surface area (Å²) in [6.45, 7) is 3.74. The van der Waals surface area contributed by atoms with E-state index in [1.807, 2.05) is 19.9 Å². The molecule has 2 aromatic rings. The highest BCUT2D eigenvalue weighted by Gasteiger charge is 2.23. The van der Waals surface area contributed by atoms with Gasteiger partial charge in [-0.3, -0.25) is 9.59 Å². The first-order valence-electron chi connectivity index (χ1n) is 8.36. The van der Waals surface area contributed by atoms with Crippen molar-refractivity contribution in [1.29, 1.82) is 5.26 Å². The molecule has 1 amide bonds. The molecule has 0 aliphatic carbocycles. The number of esters is 1. The van der Waals surface area contributed by atoms with Gasteiger partial charge in [-0.2, -0.15) is 5.26 Å². The fourth-order valence-corrected chi connectivity index (χ4v) is 3.16. The lowest BCUT2D eigenvalue weighted by atomic mass is 10.0. The molecule has 1 N–H and O–H groups in total. The van der Waals surface area contributed by atoms with E-state index in [4.69, 9.17) is 4.74 Å². The van der Waals surface area contributed by atoms with E-state index in [2.05, 4.69) is 21.2 Å². The predicted molar refractivity (Wildman–Crippen MR) is 104 cm³/mol. The molecule has 1 atom stereocenters. The van der Waals surface area contributed by atoms with Crippen LogP contribution in [-0.2, 0) is 20.9 Å². The van der Waals surface area contributed by atoms with Crippen LogP contribution >= 0.6 is 15.9 Å². The van der Waals surface area contributed by atoms with Gasteiger partial charge in [0.25, 0.3) is 0 Å². The minimum Gasteiger partial charge on any atom is -0.467 e. The first kappa shape index (κ1) is 20.6. The van der Waals surface area contributed by atoms with Gasteiger partial charge < -0.3 is 14.6 Å². The van der Waals surface area contributed by atoms with Gasteiger partial charge in [0.2, 0.25) is 11.3 Å². The zero-order valence-corrected chi connectivity index (χ0v) is 16.9. The van der Waals surface area contributed by atoms with Gasteiger partial charge in [-0.05, 0) is 30.5 Å². The number of hydrogen-bond donors (Lipinski definition) is 1. The third kappa shape index (κ3) is 4.95. The number of fused-ring (bicyclic) bond motifs is 1. The summed E-state index contributed by atoms with van der Waals surface area (Å²) in [6, 6.07) is 6.17. The molecule has 1 unspecified atom stereocenters. The summed E-state index contributed by atoms with van der Waals surface area (Å²) in [5.74, 6) is -0.739. The predicted octanol–water partition coefficient (Wildman–Crippen LogP) is 2.34. The van der Waals surface area contributed by atoms with Gasteiger partial charge in [-0.25, -0.2) is 4.79 Å². The number of nitrogens with one attached hydrogen (secondary N) is 1. The summed E-state index contributed by atoms with van der Waals surface area (Å²) in [5, 5.41) is 12.2. The van der Waals surface area contributed by atoms with Crippen LogP contribution in [0.25, 0.3) is 10.9 Å². The largest absolute Gasteiger partial charge is 0.467 e. The smallest absolute Gasteiger partial charge is 0.328 e. The molecule has 0 spiro atoms. The summed E-state index contributed by atoms with van der Waals surface area (Å²) in [7, 11) is 1.27. The number of ether oxygens (including phenoxy) is 1. The van der Waals surface area contributed by atoms with Gasteiger partial charge in [0.1, 0.15) is 24.2 Å². The van der Waals surface area contributed by atoms with Crippen molar-refractivity contribution in [2.24, 2.45) is 5.92 Å². The lowest BCUT2D eigenvalue weighted by Gasteiger charge is -2.19. The number of pyridine rings is 1. The molecule has 0 radical (unpaired) electrons. The summed E-state index contributed by atoms with van der Waals surface area (Å²) in [4.78, 5) is 36.8. The number of nitriles is 1. The molecule has 0 saturated heterocycles. The molecule has 0 saturated carbocycles. The Hall–Kier alpha value is -2.66. The minimum atomic E-state index is -0.752. The van der Waals surface area contributed by atoms with Crippen molar-refractivity contribution in [2.75, 3.05) is 7.11 Å². The molecule has 142 valence electrons. The molecule has 1 heterocycles. The van der Waals surface area contributed by atoms with Gasteiger partial charge in [0.15, 0.2) is 0 Å². The Morgan fingerprint density at radius 1 is 1.37 bits per heavy atom. The normalized spacial score (nSPS) is 11.9. The monoisotopic (exact) mass is 433 g/mol. The maximum atomic E-state index is 12.5. The number of carbonyl (C=O) groups excluding carboxylic acids is 2. The van der Waals surface area contributed by atoms with E-state index in [-0.39, 0.29) is 18.0 Å². The highest BCUT2D eigenvalue weighted by atomic mass is 79.9. The van der Waals surface area contributed by atoms with Gasteiger partial charge in [0.05, 0.1) is 12.6 Å². The molecule has 0 fully saturated rings. The van der Waals surface area contributed by atoms with Gasteiger partial charge in [-0.15, -0.1) is 0 Å². The first-order chi connectivity index (χ1) is 12.8. The van der Waals surface area contributed by atoms with Gasteiger partial charge in [0, 0.05) is 16.1 Å². The number of amides is 1. The van der Waals surface area contributed by atoms with Crippen LogP contribution in [0.4, 0.5) is 0 Å². The van der Waals surface area contributed by atoms with Crippen LogP contribution in [-0.4, -0.2) is 29.6 Å². The average Bonchev–Trinajstić information content (AvgIpc) is 2.62. The average molecular weight is 434 g/mol. The fraction of sp³-hybridized carbons (Fsp3) is 0.368. The maximum absolute atomic E-state index is 12.5. The Morgan fingerprint density at radius 3 is 2.67 bits per heavy atom. The van der Waals surface area contributed by atoms with Crippen LogP contribution in [0, 0.1) is 17.2 Å². The molecule has 2 rings (SSSR count). The minimum absolute atomic E-state index is 0.0555. The second-order valence-electron chi connectivity index (χ2n) is 6.55. The highest BCUT2D eigenvalue weighted by molar-refractivity contribution is 9.10. The topological polar surface area (TPSA) is 101 Å². The van der Waals surface area contributed by atoms with E-state index in [0.717, 1.165) is 0 Å². The Morgan fingerprint density at radius 2 is 2.07 bits per heavy atom. The number of halogens is 1. The van der Waals surface area contributed by atoms with E-state index in [0.29, 0.717) is 21.8 Å². The fourth-order valence-electron chi connectivity index (χ4n) is 2.80. The quantitative estimate of drug-likeness (QED) is 0.704. The second-order valence-corrected chi connectivity index (χ2v) is 7.46. The number of nitrogens with zero attached hydrogens (tertiary/aromatic N) is 2. The van der Waals surface area contributed by atoms with Crippen LogP contribution in [0.5, 0.6) is 0 Å². The summed E-state index contributed by atoms with van der Waals surface area (Å²) >= 11 is 3.31. The maximum Gasteiger partial charge on any atom is 0.328 e. The molecule has 0 bridgehead atoms. The number of carbonyl (C=O) groups is 2. The zero-order chi connectivity index (χ0) is 20.1. The zero-order valence-electron chi connectivity index (χ0n) is 15.3. The Balaban J connectivity index is 2.36. The van der Waals surface area contributed by atoms with Crippen molar-refractivity contribution in [1.82, 2.24) is 9.88 Å². The molecule has 8 heteroatoms. The van der Waals surface area contributed by atoms with Crippen molar-refractivity contribution in [3.63, 3.8) is 0 Å². The molecular formula is C19H20BrN3O4. The SMILES string of the molecule is COC(=O)C(CC(C)C)NC(=O)Cn1cc(C#N)c(=O)c2cc(Br)ccc21.